The summed E-state index contributed by atoms with van der Waals surface area (Å²) >= 11 is 0. The summed E-state index contributed by atoms with van der Waals surface area (Å²) in [6, 6.07) is -2.86. The van der Waals surface area contributed by atoms with Gasteiger partial charge < -0.3 is 26.2 Å². The maximum atomic E-state index is 11.5. The lowest BCUT2D eigenvalue weighted by molar-refractivity contribution is -0.141. The lowest BCUT2D eigenvalue weighted by Crippen LogP contribution is -2.57. The molecule has 0 aromatic heterocycles. The number of urea groups is 1. The minimum atomic E-state index is -1.41. The van der Waals surface area contributed by atoms with E-state index in [1.165, 1.54) is 6.92 Å². The normalized spacial score (nSPS) is 22.6. The first-order chi connectivity index (χ1) is 8.41. The van der Waals surface area contributed by atoms with E-state index in [9.17, 15) is 19.5 Å². The molecule has 3 atom stereocenters. The molecule has 3 amide bonds. The van der Waals surface area contributed by atoms with Crippen LogP contribution in [-0.4, -0.2) is 52.9 Å². The third-order valence-electron chi connectivity index (χ3n) is 2.63. The molecule has 102 valence electrons. The molecular formula is C10H17N3O5. The molecule has 1 aliphatic heterocycles. The van der Waals surface area contributed by atoms with Gasteiger partial charge in [0.15, 0.2) is 6.04 Å². The Labute approximate surface area is 104 Å². The lowest BCUT2D eigenvalue weighted by atomic mass is 10.1. The number of carbonyl (C=O) groups excluding carboxylic acids is 2. The first-order valence-corrected chi connectivity index (χ1v) is 5.67. The summed E-state index contributed by atoms with van der Waals surface area (Å²) in [7, 11) is 0. The summed E-state index contributed by atoms with van der Waals surface area (Å²) in [6.45, 7) is 1.83. The highest BCUT2D eigenvalue weighted by Gasteiger charge is 2.28. The van der Waals surface area contributed by atoms with Crippen LogP contribution in [0.2, 0.25) is 0 Å². The number of piperidine rings is 1. The summed E-state index contributed by atoms with van der Waals surface area (Å²) in [4.78, 5) is 33.6. The van der Waals surface area contributed by atoms with Gasteiger partial charge in [0.2, 0.25) is 5.91 Å². The van der Waals surface area contributed by atoms with Crippen LogP contribution < -0.4 is 16.0 Å². The van der Waals surface area contributed by atoms with E-state index in [1.807, 2.05) is 0 Å². The molecule has 1 saturated heterocycles. The summed E-state index contributed by atoms with van der Waals surface area (Å²) in [6.07, 6.45) is 0.0228. The van der Waals surface area contributed by atoms with Crippen molar-refractivity contribution in [2.45, 2.75) is 38.0 Å². The van der Waals surface area contributed by atoms with Crippen LogP contribution in [0.5, 0.6) is 0 Å². The molecule has 18 heavy (non-hydrogen) atoms. The molecule has 8 heteroatoms. The quantitative estimate of drug-likeness (QED) is 0.415. The van der Waals surface area contributed by atoms with Gasteiger partial charge in [0.05, 0.1) is 6.10 Å². The number of aliphatic hydroxyl groups excluding tert-OH is 1. The molecule has 0 aromatic rings. The van der Waals surface area contributed by atoms with E-state index in [-0.39, 0.29) is 5.91 Å². The van der Waals surface area contributed by atoms with Gasteiger partial charge >= 0.3 is 12.0 Å². The fourth-order valence-corrected chi connectivity index (χ4v) is 1.64. The highest BCUT2D eigenvalue weighted by atomic mass is 16.4. The van der Waals surface area contributed by atoms with E-state index in [0.29, 0.717) is 13.0 Å². The van der Waals surface area contributed by atoms with Gasteiger partial charge in [0.25, 0.3) is 0 Å². The summed E-state index contributed by atoms with van der Waals surface area (Å²) < 4.78 is 0. The van der Waals surface area contributed by atoms with Crippen molar-refractivity contribution in [1.29, 1.82) is 0 Å². The number of carbonyl (C=O) groups is 3. The van der Waals surface area contributed by atoms with Crippen molar-refractivity contribution in [3.05, 3.63) is 0 Å². The maximum Gasteiger partial charge on any atom is 0.328 e. The summed E-state index contributed by atoms with van der Waals surface area (Å²) in [5.41, 5.74) is 0. The van der Waals surface area contributed by atoms with Gasteiger partial charge in [-0.2, -0.15) is 0 Å². The highest BCUT2D eigenvalue weighted by molar-refractivity contribution is 5.89. The Hall–Kier alpha value is -1.83. The maximum absolute atomic E-state index is 11.5. The minimum absolute atomic E-state index is 0.291. The molecule has 0 aromatic carbocycles. The number of hydrogen-bond donors (Lipinski definition) is 5. The van der Waals surface area contributed by atoms with E-state index in [4.69, 9.17) is 5.11 Å². The molecule has 1 heterocycles. The van der Waals surface area contributed by atoms with Crippen LogP contribution in [0.4, 0.5) is 4.79 Å². The molecule has 3 unspecified atom stereocenters. The zero-order valence-electron chi connectivity index (χ0n) is 9.97. The van der Waals surface area contributed by atoms with Crippen LogP contribution in [0, 0.1) is 0 Å². The second-order valence-corrected chi connectivity index (χ2v) is 4.16. The third-order valence-corrected chi connectivity index (χ3v) is 2.63. The molecule has 1 rings (SSSR count). The fraction of sp³-hybridized carbons (Fsp3) is 0.700. The molecule has 0 spiro atoms. The first-order valence-electron chi connectivity index (χ1n) is 5.67. The van der Waals surface area contributed by atoms with E-state index in [1.54, 1.807) is 0 Å². The van der Waals surface area contributed by atoms with Gasteiger partial charge in [-0.15, -0.1) is 0 Å². The van der Waals surface area contributed by atoms with Crippen molar-refractivity contribution in [3.8, 4) is 0 Å². The summed E-state index contributed by atoms with van der Waals surface area (Å²) in [5, 5.41) is 25.0. The van der Waals surface area contributed by atoms with E-state index >= 15 is 0 Å². The molecule has 1 aliphatic rings. The number of hydrogen-bond acceptors (Lipinski definition) is 4. The Morgan fingerprint density at radius 1 is 1.50 bits per heavy atom. The van der Waals surface area contributed by atoms with Gasteiger partial charge in [-0.25, -0.2) is 9.59 Å². The van der Waals surface area contributed by atoms with Crippen molar-refractivity contribution in [2.75, 3.05) is 6.54 Å². The number of aliphatic hydroxyl groups is 1. The summed E-state index contributed by atoms with van der Waals surface area (Å²) in [5.74, 6) is -1.63. The van der Waals surface area contributed by atoms with Gasteiger partial charge in [-0.3, -0.25) is 4.79 Å². The van der Waals surface area contributed by atoms with Gasteiger partial charge in [0, 0.05) is 6.54 Å². The monoisotopic (exact) mass is 259 g/mol. The van der Waals surface area contributed by atoms with Crippen LogP contribution in [0.1, 0.15) is 19.8 Å². The highest BCUT2D eigenvalue weighted by Crippen LogP contribution is 2.02. The zero-order chi connectivity index (χ0) is 13.7. The van der Waals surface area contributed by atoms with Crippen LogP contribution in [0.25, 0.3) is 0 Å². The van der Waals surface area contributed by atoms with Crippen molar-refractivity contribution in [3.63, 3.8) is 0 Å². The lowest BCUT2D eigenvalue weighted by Gasteiger charge is -2.24. The number of carboxylic acids is 1. The van der Waals surface area contributed by atoms with Gasteiger partial charge in [-0.1, -0.05) is 0 Å². The standard InChI is InChI=1S/C10H17N3O5/c1-5(14)7(9(16)17)13-10(18)12-6-3-2-4-11-8(6)15/h5-7,14H,2-4H2,1H3,(H,11,15)(H,16,17)(H2,12,13,18). The Morgan fingerprint density at radius 2 is 2.17 bits per heavy atom. The number of carboxylic acid groups (broad SMARTS) is 1. The smallest absolute Gasteiger partial charge is 0.328 e. The Kier molecular flexibility index (Phi) is 4.90. The van der Waals surface area contributed by atoms with Crippen LogP contribution in [0.3, 0.4) is 0 Å². The Balaban J connectivity index is 2.49. The molecule has 0 radical (unpaired) electrons. The average molecular weight is 259 g/mol. The van der Waals surface area contributed by atoms with Crippen molar-refractivity contribution < 1.29 is 24.6 Å². The van der Waals surface area contributed by atoms with E-state index in [0.717, 1.165) is 6.42 Å². The molecule has 0 bridgehead atoms. The molecule has 8 nitrogen and oxygen atoms in total. The largest absolute Gasteiger partial charge is 0.480 e. The third kappa shape index (κ3) is 3.88. The number of aliphatic carboxylic acids is 1. The Bertz CT molecular complexity index is 344. The molecule has 5 N–H and O–H groups in total. The predicted octanol–water partition coefficient (Wildman–Crippen LogP) is -1.60. The van der Waals surface area contributed by atoms with Crippen LogP contribution in [-0.2, 0) is 9.59 Å². The zero-order valence-corrected chi connectivity index (χ0v) is 9.97. The Morgan fingerprint density at radius 3 is 2.67 bits per heavy atom. The average Bonchev–Trinajstić information content (AvgIpc) is 2.28. The molecule has 0 saturated carbocycles. The van der Waals surface area contributed by atoms with Crippen LogP contribution in [0.15, 0.2) is 0 Å². The van der Waals surface area contributed by atoms with Crippen LogP contribution >= 0.6 is 0 Å². The number of rotatable bonds is 4. The van der Waals surface area contributed by atoms with Crippen molar-refractivity contribution in [2.24, 2.45) is 0 Å². The number of amides is 3. The SMILES string of the molecule is CC(O)C(NC(=O)NC1CCCNC1=O)C(=O)O. The second-order valence-electron chi connectivity index (χ2n) is 4.16. The fourth-order valence-electron chi connectivity index (χ4n) is 1.64. The topological polar surface area (TPSA) is 128 Å². The van der Waals surface area contributed by atoms with E-state index < -0.39 is 30.2 Å². The molecular weight excluding hydrogens is 242 g/mol. The van der Waals surface area contributed by atoms with Gasteiger partial charge in [0.1, 0.15) is 6.04 Å². The minimum Gasteiger partial charge on any atom is -0.480 e. The van der Waals surface area contributed by atoms with Gasteiger partial charge in [-0.05, 0) is 19.8 Å². The molecule has 0 aliphatic carbocycles. The molecule has 1 fully saturated rings. The second kappa shape index (κ2) is 6.20. The predicted molar refractivity (Wildman–Crippen MR) is 60.8 cm³/mol. The van der Waals surface area contributed by atoms with Crippen molar-refractivity contribution in [1.82, 2.24) is 16.0 Å². The number of nitrogens with one attached hydrogen (secondary N) is 3. The van der Waals surface area contributed by atoms with E-state index in [2.05, 4.69) is 16.0 Å². The van der Waals surface area contributed by atoms with Crippen molar-refractivity contribution >= 4 is 17.9 Å². The first kappa shape index (κ1) is 14.2.